The number of hydrogen-bond donors (Lipinski definition) is 1. The van der Waals surface area contributed by atoms with Gasteiger partial charge in [0, 0.05) is 30.5 Å². The summed E-state index contributed by atoms with van der Waals surface area (Å²) in [7, 11) is 0. The van der Waals surface area contributed by atoms with Gasteiger partial charge < -0.3 is 10.1 Å². The topological polar surface area (TPSA) is 21.3 Å². The van der Waals surface area contributed by atoms with Gasteiger partial charge >= 0.3 is 0 Å². The van der Waals surface area contributed by atoms with Gasteiger partial charge in [0.15, 0.2) is 0 Å². The molecule has 0 aromatic heterocycles. The minimum atomic E-state index is 0.277. The van der Waals surface area contributed by atoms with Crippen LogP contribution in [0.1, 0.15) is 51.2 Å². The van der Waals surface area contributed by atoms with Crippen LogP contribution >= 0.6 is 0 Å². The van der Waals surface area contributed by atoms with Crippen molar-refractivity contribution >= 4 is 0 Å². The lowest BCUT2D eigenvalue weighted by Gasteiger charge is -2.55. The third-order valence-corrected chi connectivity index (χ3v) is 5.27. The zero-order valence-electron chi connectivity index (χ0n) is 13.1. The van der Waals surface area contributed by atoms with Gasteiger partial charge in [0.25, 0.3) is 0 Å². The first-order chi connectivity index (χ1) is 9.50. The molecule has 1 aliphatic carbocycles. The lowest BCUT2D eigenvalue weighted by Crippen LogP contribution is -2.65. The Bertz CT molecular complexity index is 463. The fourth-order valence-corrected chi connectivity index (χ4v) is 3.99. The molecule has 0 bridgehead atoms. The summed E-state index contributed by atoms with van der Waals surface area (Å²) in [6, 6.07) is 9.64. The van der Waals surface area contributed by atoms with Gasteiger partial charge in [-0.2, -0.15) is 0 Å². The summed E-state index contributed by atoms with van der Waals surface area (Å²) in [5.74, 6) is 1.33. The molecule has 1 aliphatic heterocycles. The van der Waals surface area contributed by atoms with Gasteiger partial charge in [-0.15, -0.1) is 0 Å². The summed E-state index contributed by atoms with van der Waals surface area (Å²) in [6.45, 7) is 11.1. The van der Waals surface area contributed by atoms with Gasteiger partial charge in [-0.3, -0.25) is 0 Å². The quantitative estimate of drug-likeness (QED) is 0.903. The van der Waals surface area contributed by atoms with Gasteiger partial charge in [-0.05, 0) is 23.5 Å². The van der Waals surface area contributed by atoms with E-state index in [4.69, 9.17) is 4.74 Å². The molecule has 0 radical (unpaired) electrons. The van der Waals surface area contributed by atoms with Crippen LogP contribution < -0.4 is 5.32 Å². The predicted octanol–water partition coefficient (Wildman–Crippen LogP) is 3.71. The van der Waals surface area contributed by atoms with E-state index in [1.807, 2.05) is 0 Å². The van der Waals surface area contributed by atoms with Crippen LogP contribution in [-0.4, -0.2) is 18.8 Å². The SMILES string of the molecule is CC(C)c1ccc(CNC2C3CCOC3C2(C)C)cc1. The average molecular weight is 273 g/mol. The van der Waals surface area contributed by atoms with Crippen LogP contribution in [0.5, 0.6) is 0 Å². The minimum absolute atomic E-state index is 0.277. The van der Waals surface area contributed by atoms with E-state index in [1.54, 1.807) is 0 Å². The Morgan fingerprint density at radius 3 is 2.60 bits per heavy atom. The number of hydrogen-bond acceptors (Lipinski definition) is 2. The predicted molar refractivity (Wildman–Crippen MR) is 82.8 cm³/mol. The Morgan fingerprint density at radius 1 is 1.25 bits per heavy atom. The van der Waals surface area contributed by atoms with E-state index < -0.39 is 0 Å². The molecule has 2 heteroatoms. The Kier molecular flexibility index (Phi) is 3.64. The maximum Gasteiger partial charge on any atom is 0.0685 e. The molecule has 1 aromatic carbocycles. The number of fused-ring (bicyclic) bond motifs is 1. The Balaban J connectivity index is 1.59. The lowest BCUT2D eigenvalue weighted by molar-refractivity contribution is -0.113. The molecule has 0 spiro atoms. The maximum absolute atomic E-state index is 5.85. The van der Waals surface area contributed by atoms with Crippen LogP contribution in [0, 0.1) is 11.3 Å². The maximum atomic E-state index is 5.85. The molecular weight excluding hydrogens is 246 g/mol. The van der Waals surface area contributed by atoms with Gasteiger partial charge in [0.2, 0.25) is 0 Å². The fraction of sp³-hybridized carbons (Fsp3) is 0.667. The Labute approximate surface area is 122 Å². The molecular formula is C18H27NO. The van der Waals surface area contributed by atoms with Crippen molar-refractivity contribution in [2.45, 2.75) is 58.7 Å². The molecule has 2 aliphatic rings. The molecule has 20 heavy (non-hydrogen) atoms. The van der Waals surface area contributed by atoms with Crippen LogP contribution in [0.4, 0.5) is 0 Å². The second-order valence-corrected chi connectivity index (χ2v) is 7.32. The second-order valence-electron chi connectivity index (χ2n) is 7.32. The van der Waals surface area contributed by atoms with E-state index >= 15 is 0 Å². The molecule has 1 N–H and O–H groups in total. The highest BCUT2D eigenvalue weighted by atomic mass is 16.5. The number of rotatable bonds is 4. The van der Waals surface area contributed by atoms with Crippen LogP contribution in [-0.2, 0) is 11.3 Å². The largest absolute Gasteiger partial charge is 0.377 e. The molecule has 1 saturated heterocycles. The van der Waals surface area contributed by atoms with Gasteiger partial charge in [-0.25, -0.2) is 0 Å². The van der Waals surface area contributed by atoms with Crippen molar-refractivity contribution in [1.29, 1.82) is 0 Å². The van der Waals surface area contributed by atoms with E-state index in [0.717, 1.165) is 19.1 Å². The van der Waals surface area contributed by atoms with E-state index in [0.29, 0.717) is 18.1 Å². The van der Waals surface area contributed by atoms with Crippen molar-refractivity contribution < 1.29 is 4.74 Å². The zero-order valence-corrected chi connectivity index (χ0v) is 13.1. The summed E-state index contributed by atoms with van der Waals surface area (Å²) in [5.41, 5.74) is 3.08. The van der Waals surface area contributed by atoms with Gasteiger partial charge in [-0.1, -0.05) is 52.0 Å². The first-order valence-corrected chi connectivity index (χ1v) is 7.94. The highest BCUT2D eigenvalue weighted by molar-refractivity contribution is 5.25. The van der Waals surface area contributed by atoms with Crippen LogP contribution in [0.2, 0.25) is 0 Å². The summed E-state index contributed by atoms with van der Waals surface area (Å²) in [6.07, 6.45) is 1.70. The van der Waals surface area contributed by atoms with E-state index in [1.165, 1.54) is 17.5 Å². The van der Waals surface area contributed by atoms with Crippen molar-refractivity contribution in [1.82, 2.24) is 5.32 Å². The highest BCUT2D eigenvalue weighted by Crippen LogP contribution is 2.52. The second kappa shape index (κ2) is 5.16. The first-order valence-electron chi connectivity index (χ1n) is 7.94. The van der Waals surface area contributed by atoms with Crippen molar-refractivity contribution in [2.24, 2.45) is 11.3 Å². The smallest absolute Gasteiger partial charge is 0.0685 e. The van der Waals surface area contributed by atoms with Gasteiger partial charge in [0.1, 0.15) is 0 Å². The molecule has 110 valence electrons. The number of ether oxygens (including phenoxy) is 1. The fourth-order valence-electron chi connectivity index (χ4n) is 3.99. The molecule has 1 heterocycles. The number of nitrogens with one attached hydrogen (secondary N) is 1. The van der Waals surface area contributed by atoms with Gasteiger partial charge in [0.05, 0.1) is 6.10 Å². The normalized spacial score (nSPS) is 31.1. The van der Waals surface area contributed by atoms with Crippen molar-refractivity contribution in [3.63, 3.8) is 0 Å². The van der Waals surface area contributed by atoms with Crippen LogP contribution in [0.25, 0.3) is 0 Å². The first kappa shape index (κ1) is 14.1. The summed E-state index contributed by atoms with van der Waals surface area (Å²) in [5, 5.41) is 3.77. The standard InChI is InChI=1S/C18H27NO/c1-12(2)14-7-5-13(6-8-14)11-19-16-15-9-10-20-17(15)18(16,3)4/h5-8,12,15-17,19H,9-11H2,1-4H3. The minimum Gasteiger partial charge on any atom is -0.377 e. The number of benzene rings is 1. The van der Waals surface area contributed by atoms with Crippen molar-refractivity contribution in [3.8, 4) is 0 Å². The summed E-state index contributed by atoms with van der Waals surface area (Å²) < 4.78 is 5.85. The highest BCUT2D eigenvalue weighted by Gasteiger charge is 2.58. The molecule has 3 atom stereocenters. The van der Waals surface area contributed by atoms with E-state index in [2.05, 4.69) is 57.3 Å². The molecule has 1 aromatic rings. The average Bonchev–Trinajstić information content (AvgIpc) is 2.86. The third-order valence-electron chi connectivity index (χ3n) is 5.27. The zero-order chi connectivity index (χ0) is 14.3. The van der Waals surface area contributed by atoms with Crippen LogP contribution in [0.3, 0.4) is 0 Å². The summed E-state index contributed by atoms with van der Waals surface area (Å²) >= 11 is 0. The van der Waals surface area contributed by atoms with E-state index in [-0.39, 0.29) is 5.41 Å². The lowest BCUT2D eigenvalue weighted by atomic mass is 9.57. The summed E-state index contributed by atoms with van der Waals surface area (Å²) in [4.78, 5) is 0. The van der Waals surface area contributed by atoms with E-state index in [9.17, 15) is 0 Å². The third kappa shape index (κ3) is 2.29. The Morgan fingerprint density at radius 2 is 1.95 bits per heavy atom. The molecule has 0 amide bonds. The Hall–Kier alpha value is -0.860. The molecule has 3 unspecified atom stereocenters. The molecule has 1 saturated carbocycles. The van der Waals surface area contributed by atoms with Crippen molar-refractivity contribution in [3.05, 3.63) is 35.4 Å². The molecule has 2 nitrogen and oxygen atoms in total. The van der Waals surface area contributed by atoms with Crippen LogP contribution in [0.15, 0.2) is 24.3 Å². The monoisotopic (exact) mass is 273 g/mol. The molecule has 3 rings (SSSR count). The molecule has 2 fully saturated rings. The van der Waals surface area contributed by atoms with Crippen molar-refractivity contribution in [2.75, 3.05) is 6.61 Å².